The minimum atomic E-state index is 0.560. The molecule has 0 aromatic carbocycles. The number of fused-ring (bicyclic) bond motifs is 1. The lowest BCUT2D eigenvalue weighted by molar-refractivity contribution is 0.174. The van der Waals surface area contributed by atoms with Gasteiger partial charge in [0.15, 0.2) is 11.6 Å². The molecule has 9 nitrogen and oxygen atoms in total. The van der Waals surface area contributed by atoms with Gasteiger partial charge in [0.05, 0.1) is 11.6 Å². The minimum absolute atomic E-state index is 0.560. The molecule has 0 fully saturated rings. The van der Waals surface area contributed by atoms with Crippen LogP contribution in [-0.4, -0.2) is 75.4 Å². The number of aromatic nitrogens is 4. The van der Waals surface area contributed by atoms with Crippen LogP contribution in [0, 0.1) is 0 Å². The van der Waals surface area contributed by atoms with Crippen LogP contribution in [0.2, 0.25) is 0 Å². The van der Waals surface area contributed by atoms with Crippen LogP contribution in [0.15, 0.2) is 17.5 Å². The Morgan fingerprint density at radius 1 is 1.14 bits per heavy atom. The van der Waals surface area contributed by atoms with E-state index >= 15 is 0 Å². The van der Waals surface area contributed by atoms with Gasteiger partial charge in [-0.2, -0.15) is 5.10 Å². The van der Waals surface area contributed by atoms with E-state index in [0.717, 1.165) is 62.0 Å². The highest BCUT2D eigenvalue weighted by Crippen LogP contribution is 2.17. The summed E-state index contributed by atoms with van der Waals surface area (Å²) in [7, 11) is 1.88. The fourth-order valence-electron chi connectivity index (χ4n) is 3.36. The largest absolute Gasteiger partial charge is 0.368 e. The molecule has 2 heterocycles. The lowest BCUT2D eigenvalue weighted by Crippen LogP contribution is -2.40. The third kappa shape index (κ3) is 6.85. The van der Waals surface area contributed by atoms with Crippen LogP contribution >= 0.6 is 0 Å². The predicted molar refractivity (Wildman–Crippen MR) is 120 cm³/mol. The molecule has 0 aliphatic heterocycles. The van der Waals surface area contributed by atoms with E-state index in [4.69, 9.17) is 4.99 Å². The van der Waals surface area contributed by atoms with Crippen molar-refractivity contribution >= 4 is 22.8 Å². The molecule has 0 spiro atoms. The number of rotatable bonds is 11. The molecule has 0 unspecified atom stereocenters. The normalized spacial score (nSPS) is 12.4. The molecule has 3 N–H and O–H groups in total. The molecular formula is C20H37N9. The summed E-state index contributed by atoms with van der Waals surface area (Å²) in [4.78, 5) is 15.8. The van der Waals surface area contributed by atoms with Crippen molar-refractivity contribution in [3.05, 3.63) is 12.5 Å². The predicted octanol–water partition coefficient (Wildman–Crippen LogP) is 1.84. The van der Waals surface area contributed by atoms with Crippen molar-refractivity contribution in [1.29, 1.82) is 0 Å². The molecule has 0 radical (unpaired) electrons. The third-order valence-electron chi connectivity index (χ3n) is 4.75. The van der Waals surface area contributed by atoms with Crippen LogP contribution < -0.4 is 16.0 Å². The van der Waals surface area contributed by atoms with Gasteiger partial charge < -0.3 is 16.0 Å². The number of hydrogen-bond acceptors (Lipinski definition) is 6. The van der Waals surface area contributed by atoms with Crippen molar-refractivity contribution in [2.75, 3.05) is 38.0 Å². The monoisotopic (exact) mass is 403 g/mol. The summed E-state index contributed by atoms with van der Waals surface area (Å²) in [5.41, 5.74) is 0.821. The SMILES string of the molecule is CCNC(=NCCCN(C(C)C)C(C)C)NCCNc1ncnc2c1cnn2C. The zero-order valence-corrected chi connectivity index (χ0v) is 18.7. The second-order valence-electron chi connectivity index (χ2n) is 7.62. The maximum absolute atomic E-state index is 4.70. The summed E-state index contributed by atoms with van der Waals surface area (Å²) in [5, 5.41) is 15.2. The lowest BCUT2D eigenvalue weighted by Gasteiger charge is -2.30. The van der Waals surface area contributed by atoms with E-state index < -0.39 is 0 Å². The van der Waals surface area contributed by atoms with Gasteiger partial charge in [-0.15, -0.1) is 0 Å². The van der Waals surface area contributed by atoms with Crippen LogP contribution in [0.3, 0.4) is 0 Å². The Kier molecular flexibility index (Phi) is 9.11. The number of aliphatic imine (C=N–C) groups is 1. The Morgan fingerprint density at radius 3 is 2.59 bits per heavy atom. The maximum atomic E-state index is 4.70. The summed E-state index contributed by atoms with van der Waals surface area (Å²) >= 11 is 0. The first-order valence-corrected chi connectivity index (χ1v) is 10.6. The molecule has 0 aliphatic rings. The molecule has 0 saturated heterocycles. The highest BCUT2D eigenvalue weighted by molar-refractivity contribution is 5.86. The van der Waals surface area contributed by atoms with Crippen molar-refractivity contribution in [2.45, 2.75) is 53.1 Å². The Hall–Kier alpha value is -2.42. The third-order valence-corrected chi connectivity index (χ3v) is 4.75. The summed E-state index contributed by atoms with van der Waals surface area (Å²) in [5.74, 6) is 1.65. The molecule has 29 heavy (non-hydrogen) atoms. The quantitative estimate of drug-likeness (QED) is 0.299. The lowest BCUT2D eigenvalue weighted by atomic mass is 10.2. The highest BCUT2D eigenvalue weighted by atomic mass is 15.3. The van der Waals surface area contributed by atoms with E-state index in [2.05, 4.69) is 70.5 Å². The van der Waals surface area contributed by atoms with E-state index in [1.807, 2.05) is 7.05 Å². The number of hydrogen-bond donors (Lipinski definition) is 3. The number of nitrogens with one attached hydrogen (secondary N) is 3. The number of nitrogens with zero attached hydrogens (tertiary/aromatic N) is 6. The first kappa shape index (κ1) is 22.9. The van der Waals surface area contributed by atoms with Gasteiger partial charge in [-0.05, 0) is 41.0 Å². The first-order chi connectivity index (χ1) is 13.9. The van der Waals surface area contributed by atoms with Crippen molar-refractivity contribution in [3.63, 3.8) is 0 Å². The molecule has 2 aromatic rings. The van der Waals surface area contributed by atoms with E-state index in [9.17, 15) is 0 Å². The average molecular weight is 404 g/mol. The molecule has 2 rings (SSSR count). The number of anilines is 1. The fraction of sp³-hybridized carbons (Fsp3) is 0.700. The van der Waals surface area contributed by atoms with E-state index in [1.165, 1.54) is 0 Å². The van der Waals surface area contributed by atoms with Crippen LogP contribution in [0.25, 0.3) is 11.0 Å². The van der Waals surface area contributed by atoms with Crippen LogP contribution in [0.4, 0.5) is 5.82 Å². The topological polar surface area (TPSA) is 95.3 Å². The molecule has 9 heteroatoms. The molecule has 2 aromatic heterocycles. The summed E-state index contributed by atoms with van der Waals surface area (Å²) in [6.45, 7) is 15.2. The van der Waals surface area contributed by atoms with Gasteiger partial charge >= 0.3 is 0 Å². The second-order valence-corrected chi connectivity index (χ2v) is 7.62. The van der Waals surface area contributed by atoms with Crippen molar-refractivity contribution in [3.8, 4) is 0 Å². The molecule has 162 valence electrons. The van der Waals surface area contributed by atoms with Crippen molar-refractivity contribution < 1.29 is 0 Å². The molecular weight excluding hydrogens is 366 g/mol. The van der Waals surface area contributed by atoms with Gasteiger partial charge in [0.2, 0.25) is 0 Å². The van der Waals surface area contributed by atoms with Gasteiger partial charge in [0, 0.05) is 51.9 Å². The van der Waals surface area contributed by atoms with Crippen LogP contribution in [0.5, 0.6) is 0 Å². The van der Waals surface area contributed by atoms with Gasteiger partial charge in [0.1, 0.15) is 12.1 Å². The van der Waals surface area contributed by atoms with Crippen molar-refractivity contribution in [2.24, 2.45) is 12.0 Å². The zero-order chi connectivity index (χ0) is 21.2. The second kappa shape index (κ2) is 11.5. The minimum Gasteiger partial charge on any atom is -0.368 e. The Morgan fingerprint density at radius 2 is 1.90 bits per heavy atom. The maximum Gasteiger partial charge on any atom is 0.191 e. The zero-order valence-electron chi connectivity index (χ0n) is 18.7. The summed E-state index contributed by atoms with van der Waals surface area (Å²) in [6, 6.07) is 1.12. The summed E-state index contributed by atoms with van der Waals surface area (Å²) in [6.07, 6.45) is 4.39. The average Bonchev–Trinajstić information content (AvgIpc) is 3.06. The first-order valence-electron chi connectivity index (χ1n) is 10.6. The van der Waals surface area contributed by atoms with E-state index in [0.29, 0.717) is 12.1 Å². The molecule has 0 aliphatic carbocycles. The summed E-state index contributed by atoms with van der Waals surface area (Å²) < 4.78 is 1.75. The number of aryl methyl sites for hydroxylation is 1. The standard InChI is InChI=1S/C20H37N9/c1-7-21-20(23-9-8-12-29(15(2)3)16(4)5)24-11-10-22-18-17-13-27-28(6)19(17)26-14-25-18/h13-16H,7-12H2,1-6H3,(H2,21,23,24)(H,22,25,26). The Labute approximate surface area is 174 Å². The molecule has 0 bridgehead atoms. The van der Waals surface area contributed by atoms with Gasteiger partial charge in [-0.25, -0.2) is 9.97 Å². The fourth-order valence-corrected chi connectivity index (χ4v) is 3.36. The number of guanidine groups is 1. The molecule has 0 atom stereocenters. The van der Waals surface area contributed by atoms with E-state index in [1.54, 1.807) is 17.2 Å². The molecule has 0 saturated carbocycles. The van der Waals surface area contributed by atoms with E-state index in [-0.39, 0.29) is 0 Å². The van der Waals surface area contributed by atoms with Gasteiger partial charge in [0.25, 0.3) is 0 Å². The van der Waals surface area contributed by atoms with Crippen molar-refractivity contribution in [1.82, 2.24) is 35.3 Å². The Balaban J connectivity index is 1.78. The Bertz CT molecular complexity index is 758. The van der Waals surface area contributed by atoms with Crippen LogP contribution in [0.1, 0.15) is 41.0 Å². The van der Waals surface area contributed by atoms with Crippen LogP contribution in [-0.2, 0) is 7.05 Å². The van der Waals surface area contributed by atoms with Gasteiger partial charge in [-0.1, -0.05) is 0 Å². The molecule has 0 amide bonds. The highest BCUT2D eigenvalue weighted by Gasteiger charge is 2.12. The smallest absolute Gasteiger partial charge is 0.191 e. The van der Waals surface area contributed by atoms with Gasteiger partial charge in [-0.3, -0.25) is 14.6 Å².